The van der Waals surface area contributed by atoms with E-state index < -0.39 is 0 Å². The van der Waals surface area contributed by atoms with Crippen molar-refractivity contribution in [2.75, 3.05) is 14.2 Å². The van der Waals surface area contributed by atoms with Gasteiger partial charge in [0.05, 0.1) is 14.2 Å². The van der Waals surface area contributed by atoms with Crippen LogP contribution in [-0.2, 0) is 4.79 Å². The fourth-order valence-electron chi connectivity index (χ4n) is 1.85. The van der Waals surface area contributed by atoms with Crippen LogP contribution in [0, 0.1) is 5.92 Å². The van der Waals surface area contributed by atoms with Gasteiger partial charge in [-0.1, -0.05) is 0 Å². The third kappa shape index (κ3) is 1.82. The summed E-state index contributed by atoms with van der Waals surface area (Å²) in [6.07, 6.45) is 1.94. The van der Waals surface area contributed by atoms with Crippen molar-refractivity contribution in [3.63, 3.8) is 0 Å². The lowest BCUT2D eigenvalue weighted by Crippen LogP contribution is -1.93. The van der Waals surface area contributed by atoms with E-state index in [-0.39, 0.29) is 5.92 Å². The fourth-order valence-corrected chi connectivity index (χ4v) is 1.85. The summed E-state index contributed by atoms with van der Waals surface area (Å²) in [5.41, 5.74) is 1.08. The Morgan fingerprint density at radius 1 is 1.33 bits per heavy atom. The molecule has 0 aromatic heterocycles. The molecular formula is C12H14O3. The minimum Gasteiger partial charge on any atom is -0.497 e. The van der Waals surface area contributed by atoms with Gasteiger partial charge in [-0.2, -0.15) is 0 Å². The first-order chi connectivity index (χ1) is 7.30. The van der Waals surface area contributed by atoms with Crippen LogP contribution in [0.4, 0.5) is 0 Å². The molecule has 1 aromatic carbocycles. The second kappa shape index (κ2) is 3.93. The lowest BCUT2D eigenvalue weighted by molar-refractivity contribution is -0.108. The van der Waals surface area contributed by atoms with Gasteiger partial charge >= 0.3 is 0 Å². The molecule has 2 rings (SSSR count). The van der Waals surface area contributed by atoms with Crippen LogP contribution in [0.1, 0.15) is 17.9 Å². The van der Waals surface area contributed by atoms with Crippen molar-refractivity contribution < 1.29 is 14.3 Å². The number of methoxy groups -OCH3 is 2. The molecule has 0 amide bonds. The molecule has 0 heterocycles. The molecule has 0 unspecified atom stereocenters. The van der Waals surface area contributed by atoms with E-state index in [1.165, 1.54) is 0 Å². The van der Waals surface area contributed by atoms with Crippen LogP contribution < -0.4 is 9.47 Å². The number of ether oxygens (including phenoxy) is 2. The lowest BCUT2D eigenvalue weighted by Gasteiger charge is -2.09. The molecule has 80 valence electrons. The third-order valence-corrected chi connectivity index (χ3v) is 2.85. The van der Waals surface area contributed by atoms with Crippen LogP contribution in [0.25, 0.3) is 0 Å². The summed E-state index contributed by atoms with van der Waals surface area (Å²) < 4.78 is 10.4. The van der Waals surface area contributed by atoms with Crippen molar-refractivity contribution in [2.45, 2.75) is 12.3 Å². The van der Waals surface area contributed by atoms with Crippen molar-refractivity contribution in [1.29, 1.82) is 0 Å². The Labute approximate surface area is 89.0 Å². The highest BCUT2D eigenvalue weighted by molar-refractivity contribution is 5.63. The SMILES string of the molecule is COc1ccc(OC)c([C@@H]2C[C@@H]2C=O)c1. The molecular weight excluding hydrogens is 192 g/mol. The number of benzene rings is 1. The van der Waals surface area contributed by atoms with E-state index in [9.17, 15) is 4.79 Å². The van der Waals surface area contributed by atoms with Gasteiger partial charge in [0, 0.05) is 11.5 Å². The van der Waals surface area contributed by atoms with Crippen molar-refractivity contribution in [2.24, 2.45) is 5.92 Å². The first-order valence-corrected chi connectivity index (χ1v) is 4.97. The molecule has 1 aromatic rings. The summed E-state index contributed by atoms with van der Waals surface area (Å²) in [5.74, 6) is 2.12. The van der Waals surface area contributed by atoms with E-state index in [4.69, 9.17) is 9.47 Å². The maximum absolute atomic E-state index is 10.6. The first-order valence-electron chi connectivity index (χ1n) is 4.97. The average Bonchev–Trinajstić information content (AvgIpc) is 3.07. The molecule has 1 fully saturated rings. The monoisotopic (exact) mass is 206 g/mol. The van der Waals surface area contributed by atoms with Gasteiger partial charge in [0.15, 0.2) is 0 Å². The molecule has 3 nitrogen and oxygen atoms in total. The molecule has 1 aliphatic rings. The molecule has 1 saturated carbocycles. The summed E-state index contributed by atoms with van der Waals surface area (Å²) in [5, 5.41) is 0. The van der Waals surface area contributed by atoms with Crippen LogP contribution in [-0.4, -0.2) is 20.5 Å². The van der Waals surface area contributed by atoms with E-state index >= 15 is 0 Å². The fraction of sp³-hybridized carbons (Fsp3) is 0.417. The molecule has 0 bridgehead atoms. The van der Waals surface area contributed by atoms with Crippen molar-refractivity contribution in [3.8, 4) is 11.5 Å². The quantitative estimate of drug-likeness (QED) is 0.707. The Kier molecular flexibility index (Phi) is 2.62. The zero-order chi connectivity index (χ0) is 10.8. The van der Waals surface area contributed by atoms with Crippen LogP contribution in [0.15, 0.2) is 18.2 Å². The Bertz CT molecular complexity index is 373. The molecule has 3 heteroatoms. The Balaban J connectivity index is 2.30. The second-order valence-corrected chi connectivity index (χ2v) is 3.75. The van der Waals surface area contributed by atoms with Gasteiger partial charge in [0.1, 0.15) is 17.8 Å². The highest BCUT2D eigenvalue weighted by Crippen LogP contribution is 2.49. The second-order valence-electron chi connectivity index (χ2n) is 3.75. The van der Waals surface area contributed by atoms with E-state index in [0.717, 1.165) is 29.8 Å². The number of rotatable bonds is 4. The van der Waals surface area contributed by atoms with Crippen LogP contribution >= 0.6 is 0 Å². The predicted octanol–water partition coefficient (Wildman–Crippen LogP) is 2.01. The zero-order valence-electron chi connectivity index (χ0n) is 8.90. The van der Waals surface area contributed by atoms with E-state index in [1.54, 1.807) is 14.2 Å². The van der Waals surface area contributed by atoms with Gasteiger partial charge < -0.3 is 14.3 Å². The van der Waals surface area contributed by atoms with E-state index in [2.05, 4.69) is 0 Å². The number of carbonyl (C=O) groups is 1. The molecule has 0 spiro atoms. The Hall–Kier alpha value is -1.51. The first kappa shape index (κ1) is 10.0. The van der Waals surface area contributed by atoms with Gasteiger partial charge in [0.2, 0.25) is 0 Å². The predicted molar refractivity (Wildman–Crippen MR) is 56.5 cm³/mol. The normalized spacial score (nSPS) is 23.3. The van der Waals surface area contributed by atoms with E-state index in [0.29, 0.717) is 5.92 Å². The maximum Gasteiger partial charge on any atom is 0.123 e. The molecule has 2 atom stereocenters. The molecule has 0 N–H and O–H groups in total. The van der Waals surface area contributed by atoms with Gasteiger partial charge in [0.25, 0.3) is 0 Å². The van der Waals surface area contributed by atoms with Crippen LogP contribution in [0.5, 0.6) is 11.5 Å². The summed E-state index contributed by atoms with van der Waals surface area (Å²) in [4.78, 5) is 10.6. The Morgan fingerprint density at radius 3 is 2.67 bits per heavy atom. The zero-order valence-corrected chi connectivity index (χ0v) is 8.90. The van der Waals surface area contributed by atoms with E-state index in [1.807, 2.05) is 18.2 Å². The molecule has 0 aliphatic heterocycles. The number of hydrogen-bond acceptors (Lipinski definition) is 3. The Morgan fingerprint density at radius 2 is 2.13 bits per heavy atom. The smallest absolute Gasteiger partial charge is 0.123 e. The summed E-state index contributed by atoms with van der Waals surface area (Å²) in [6.45, 7) is 0. The van der Waals surface area contributed by atoms with Gasteiger partial charge in [-0.3, -0.25) is 0 Å². The third-order valence-electron chi connectivity index (χ3n) is 2.85. The van der Waals surface area contributed by atoms with Crippen molar-refractivity contribution in [1.82, 2.24) is 0 Å². The molecule has 1 aliphatic carbocycles. The summed E-state index contributed by atoms with van der Waals surface area (Å²) in [7, 11) is 3.28. The van der Waals surface area contributed by atoms with Crippen LogP contribution in [0.2, 0.25) is 0 Å². The maximum atomic E-state index is 10.6. The van der Waals surface area contributed by atoms with Crippen LogP contribution in [0.3, 0.4) is 0 Å². The molecule has 15 heavy (non-hydrogen) atoms. The minimum absolute atomic E-state index is 0.158. The number of hydrogen-bond donors (Lipinski definition) is 0. The lowest BCUT2D eigenvalue weighted by atomic mass is 10.1. The summed E-state index contributed by atoms with van der Waals surface area (Å²) in [6, 6.07) is 5.70. The van der Waals surface area contributed by atoms with Crippen molar-refractivity contribution >= 4 is 6.29 Å². The highest BCUT2D eigenvalue weighted by Gasteiger charge is 2.39. The largest absolute Gasteiger partial charge is 0.497 e. The average molecular weight is 206 g/mol. The summed E-state index contributed by atoms with van der Waals surface area (Å²) >= 11 is 0. The highest BCUT2D eigenvalue weighted by atomic mass is 16.5. The number of aldehydes is 1. The molecule has 0 saturated heterocycles. The number of carbonyl (C=O) groups excluding carboxylic acids is 1. The topological polar surface area (TPSA) is 35.5 Å². The van der Waals surface area contributed by atoms with Gasteiger partial charge in [-0.05, 0) is 30.5 Å². The molecule has 0 radical (unpaired) electrons. The van der Waals surface area contributed by atoms with Crippen molar-refractivity contribution in [3.05, 3.63) is 23.8 Å². The van der Waals surface area contributed by atoms with Gasteiger partial charge in [-0.15, -0.1) is 0 Å². The standard InChI is InChI=1S/C12H14O3/c1-14-9-3-4-12(15-2)11(6-9)10-5-8(10)7-13/h3-4,6-8,10H,5H2,1-2H3/t8-,10-/m1/s1. The van der Waals surface area contributed by atoms with Gasteiger partial charge in [-0.25, -0.2) is 0 Å². The minimum atomic E-state index is 0.158.